The predicted octanol–water partition coefficient (Wildman–Crippen LogP) is 4.32. The van der Waals surface area contributed by atoms with Crippen molar-refractivity contribution >= 4 is 35.0 Å². The van der Waals surface area contributed by atoms with E-state index in [4.69, 9.17) is 30.0 Å². The topological polar surface area (TPSA) is 98.2 Å². The van der Waals surface area contributed by atoms with Gasteiger partial charge >= 0.3 is 0 Å². The largest absolute Gasteiger partial charge is 0.346 e. The molecular weight excluding hydrogens is 544 g/mol. The Balaban J connectivity index is 0.00000256. The number of fused-ring (bicyclic) bond motifs is 16. The molecule has 0 radical (unpaired) electrons. The molecule has 0 saturated carbocycles. The fourth-order valence-electron chi connectivity index (χ4n) is 5.67. The van der Waals surface area contributed by atoms with Crippen molar-refractivity contribution in [2.45, 2.75) is 6.17 Å². The molecule has 1 atom stereocenters. The van der Waals surface area contributed by atoms with Crippen molar-refractivity contribution in [2.75, 3.05) is 0 Å². The quantitative estimate of drug-likeness (QED) is 0.315. The van der Waals surface area contributed by atoms with Crippen LogP contribution in [0, 0.1) is 0 Å². The molecule has 0 spiro atoms. The van der Waals surface area contributed by atoms with Crippen molar-refractivity contribution in [1.82, 2.24) is 10.6 Å². The summed E-state index contributed by atoms with van der Waals surface area (Å²) in [5.41, 5.74) is 10.8. The zero-order valence-corrected chi connectivity index (χ0v) is 23.0. The molecule has 0 saturated heterocycles. The Morgan fingerprint density at radius 3 is 1.85 bits per heavy atom. The minimum atomic E-state index is -0.238. The SMILES string of the molecule is C1=CC=CC2=C3N=C(N=C4N=C(N=C5NC(NC6=NC(=N3)c3ccccc36)c3ccccc35)c3ccccc34)C=12.[Ti]. The molecule has 41 heavy (non-hydrogen) atoms. The molecule has 1 aliphatic carbocycles. The van der Waals surface area contributed by atoms with Crippen LogP contribution in [0.1, 0.15) is 39.5 Å². The van der Waals surface area contributed by atoms with Crippen LogP contribution in [-0.2, 0) is 21.7 Å². The van der Waals surface area contributed by atoms with Crippen LogP contribution >= 0.6 is 0 Å². The van der Waals surface area contributed by atoms with Crippen molar-refractivity contribution in [3.8, 4) is 0 Å². The van der Waals surface area contributed by atoms with Crippen LogP contribution in [0.2, 0.25) is 0 Å². The van der Waals surface area contributed by atoms with Crippen LogP contribution in [0.4, 0.5) is 0 Å². The summed E-state index contributed by atoms with van der Waals surface area (Å²) in [6.45, 7) is 0. The first-order valence-electron chi connectivity index (χ1n) is 13.0. The molecule has 8 bridgehead atoms. The zero-order chi connectivity index (χ0) is 26.2. The summed E-state index contributed by atoms with van der Waals surface area (Å²) in [4.78, 5) is 29.7. The third kappa shape index (κ3) is 3.59. The van der Waals surface area contributed by atoms with E-state index in [2.05, 4.69) is 34.6 Å². The molecule has 190 valence electrons. The van der Waals surface area contributed by atoms with Gasteiger partial charge in [-0.2, -0.15) is 0 Å². The van der Waals surface area contributed by atoms with E-state index in [0.29, 0.717) is 29.2 Å². The van der Waals surface area contributed by atoms with E-state index in [1.165, 1.54) is 0 Å². The van der Waals surface area contributed by atoms with Gasteiger partial charge in [0.05, 0.1) is 5.57 Å². The molecular formula is C32H18N8Ti. The minimum absolute atomic E-state index is 0. The van der Waals surface area contributed by atoms with E-state index >= 15 is 0 Å². The van der Waals surface area contributed by atoms with Gasteiger partial charge < -0.3 is 10.6 Å². The van der Waals surface area contributed by atoms with Crippen molar-refractivity contribution in [3.05, 3.63) is 147 Å². The molecule has 3 aromatic rings. The van der Waals surface area contributed by atoms with Crippen molar-refractivity contribution in [2.24, 2.45) is 30.0 Å². The van der Waals surface area contributed by atoms with Gasteiger partial charge in [-0.3, -0.25) is 0 Å². The predicted molar refractivity (Wildman–Crippen MR) is 156 cm³/mol. The van der Waals surface area contributed by atoms with Crippen LogP contribution in [0.3, 0.4) is 0 Å². The van der Waals surface area contributed by atoms with Crippen molar-refractivity contribution in [1.29, 1.82) is 0 Å². The van der Waals surface area contributed by atoms with Gasteiger partial charge in [-0.15, -0.1) is 5.73 Å². The van der Waals surface area contributed by atoms with Gasteiger partial charge in [-0.25, -0.2) is 30.0 Å². The molecule has 0 amide bonds. The minimum Gasteiger partial charge on any atom is -0.346 e. The maximum Gasteiger partial charge on any atom is 0.172 e. The summed E-state index contributed by atoms with van der Waals surface area (Å²) in [7, 11) is 0. The van der Waals surface area contributed by atoms with Crippen LogP contribution in [0.25, 0.3) is 0 Å². The van der Waals surface area contributed by atoms with E-state index in [0.717, 1.165) is 56.2 Å². The first kappa shape index (κ1) is 23.8. The zero-order valence-electron chi connectivity index (χ0n) is 21.4. The van der Waals surface area contributed by atoms with Gasteiger partial charge in [-0.1, -0.05) is 78.9 Å². The Morgan fingerprint density at radius 2 is 1.10 bits per heavy atom. The fourth-order valence-corrected chi connectivity index (χ4v) is 5.67. The number of hydrogen-bond donors (Lipinski definition) is 2. The second-order valence-corrected chi connectivity index (χ2v) is 9.84. The number of allylic oxidation sites excluding steroid dienone is 2. The fraction of sp³-hybridized carbons (Fsp3) is 0.0312. The Labute approximate surface area is 249 Å². The van der Waals surface area contributed by atoms with Gasteiger partial charge in [-0.05, 0) is 12.2 Å². The summed E-state index contributed by atoms with van der Waals surface area (Å²) < 4.78 is 0. The van der Waals surface area contributed by atoms with E-state index < -0.39 is 0 Å². The average molecular weight is 562 g/mol. The number of nitrogens with zero attached hydrogens (tertiary/aromatic N) is 6. The summed E-state index contributed by atoms with van der Waals surface area (Å²) in [5, 5.41) is 7.19. The van der Waals surface area contributed by atoms with Gasteiger partial charge in [0.2, 0.25) is 0 Å². The van der Waals surface area contributed by atoms with E-state index in [-0.39, 0.29) is 27.9 Å². The summed E-state index contributed by atoms with van der Waals surface area (Å²) >= 11 is 0. The Kier molecular flexibility index (Phi) is 5.24. The molecule has 9 rings (SSSR count). The normalized spacial score (nSPS) is 20.0. The van der Waals surface area contributed by atoms with Crippen molar-refractivity contribution in [3.63, 3.8) is 0 Å². The summed E-state index contributed by atoms with van der Waals surface area (Å²) in [6, 6.07) is 24.3. The molecule has 1 unspecified atom stereocenters. The molecule has 5 aliphatic heterocycles. The number of hydrogen-bond acceptors (Lipinski definition) is 8. The number of aliphatic imine (C=N–C) groups is 6. The van der Waals surface area contributed by atoms with E-state index in [1.54, 1.807) is 0 Å². The van der Waals surface area contributed by atoms with Gasteiger partial charge in [0.15, 0.2) is 29.2 Å². The second-order valence-electron chi connectivity index (χ2n) is 9.84. The van der Waals surface area contributed by atoms with Crippen LogP contribution < -0.4 is 10.6 Å². The Morgan fingerprint density at radius 1 is 0.561 bits per heavy atom. The van der Waals surface area contributed by atoms with Gasteiger partial charge in [0.1, 0.15) is 17.8 Å². The molecule has 6 aliphatic rings. The molecule has 3 aromatic carbocycles. The molecule has 5 heterocycles. The molecule has 2 N–H and O–H groups in total. The average Bonchev–Trinajstić information content (AvgIpc) is 3.73. The van der Waals surface area contributed by atoms with Crippen molar-refractivity contribution < 1.29 is 21.7 Å². The number of rotatable bonds is 0. The van der Waals surface area contributed by atoms with E-state index in [9.17, 15) is 0 Å². The van der Waals surface area contributed by atoms with Crippen LogP contribution in [0.5, 0.6) is 0 Å². The number of benzene rings is 3. The van der Waals surface area contributed by atoms with Gasteiger partial charge in [0, 0.05) is 60.7 Å². The number of amidine groups is 6. The molecule has 0 fully saturated rings. The van der Waals surface area contributed by atoms with Gasteiger partial charge in [0.25, 0.3) is 0 Å². The summed E-state index contributed by atoms with van der Waals surface area (Å²) in [6.07, 6.45) is 5.55. The second kappa shape index (κ2) is 9.01. The summed E-state index contributed by atoms with van der Waals surface area (Å²) in [5.74, 6) is 4.30. The standard InChI is InChI=1S/C32H18N8.Ti/c1-2-10-18-17(9-1)25-33-26(18)38-28-21-13-5-6-14-22(21)30(35-28)40-32-24-16-8-7-15-23(24)31(36-32)39-29-20-12-4-3-11-19(20)27(34-29)37-25;/h1-15,25H,(H,34,37,39)(H,33,35,36,38,40);. The maximum atomic E-state index is 5.04. The van der Waals surface area contributed by atoms with Crippen LogP contribution in [0.15, 0.2) is 144 Å². The first-order chi connectivity index (χ1) is 19.8. The maximum absolute atomic E-state index is 5.04. The smallest absolute Gasteiger partial charge is 0.172 e. The Hall–Kier alpha value is -5.01. The third-order valence-electron chi connectivity index (χ3n) is 7.52. The molecule has 9 heteroatoms. The third-order valence-corrected chi connectivity index (χ3v) is 7.52. The molecule has 0 aromatic heterocycles. The first-order valence-corrected chi connectivity index (χ1v) is 13.0. The monoisotopic (exact) mass is 562 g/mol. The van der Waals surface area contributed by atoms with Crippen LogP contribution in [-0.4, -0.2) is 35.0 Å². The molecule has 8 nitrogen and oxygen atoms in total. The van der Waals surface area contributed by atoms with E-state index in [1.807, 2.05) is 72.8 Å². The number of nitrogens with one attached hydrogen (secondary N) is 2. The Bertz CT molecular complexity index is 2050.